The maximum atomic E-state index is 9.88. The lowest BCUT2D eigenvalue weighted by Crippen LogP contribution is -2.29. The predicted octanol–water partition coefficient (Wildman–Crippen LogP) is 3.36. The summed E-state index contributed by atoms with van der Waals surface area (Å²) in [6.45, 7) is 0. The zero-order valence-corrected chi connectivity index (χ0v) is 9.77. The van der Waals surface area contributed by atoms with Gasteiger partial charge < -0.3 is 5.11 Å². The first kappa shape index (κ1) is 10.8. The van der Waals surface area contributed by atoms with Gasteiger partial charge in [-0.3, -0.25) is 0 Å². The Labute approximate surface area is 91.7 Å². The summed E-state index contributed by atoms with van der Waals surface area (Å²) < 4.78 is 0. The molecule has 0 aromatic rings. The monoisotopic (exact) mass is 214 g/mol. The third-order valence-electron chi connectivity index (χ3n) is 3.59. The fourth-order valence-electron chi connectivity index (χ4n) is 2.68. The Bertz CT molecular complexity index is 166. The molecule has 2 aliphatic rings. The van der Waals surface area contributed by atoms with E-state index in [1.165, 1.54) is 51.4 Å². The SMILES string of the molecule is O[C@H]1CCCC[C@@H]1SC1CCCCC1. The van der Waals surface area contributed by atoms with Crippen LogP contribution in [0.2, 0.25) is 0 Å². The largest absolute Gasteiger partial charge is 0.392 e. The molecule has 0 aliphatic heterocycles. The molecule has 82 valence electrons. The van der Waals surface area contributed by atoms with E-state index in [1.54, 1.807) is 0 Å². The van der Waals surface area contributed by atoms with E-state index in [2.05, 4.69) is 11.8 Å². The van der Waals surface area contributed by atoms with E-state index in [0.29, 0.717) is 5.25 Å². The summed E-state index contributed by atoms with van der Waals surface area (Å²) in [6, 6.07) is 0. The van der Waals surface area contributed by atoms with Crippen molar-refractivity contribution in [2.45, 2.75) is 74.4 Å². The summed E-state index contributed by atoms with van der Waals surface area (Å²) in [5.74, 6) is 0. The van der Waals surface area contributed by atoms with Crippen molar-refractivity contribution in [2.75, 3.05) is 0 Å². The number of aliphatic hydroxyl groups is 1. The molecule has 1 nitrogen and oxygen atoms in total. The summed E-state index contributed by atoms with van der Waals surface area (Å²) in [5.41, 5.74) is 0. The summed E-state index contributed by atoms with van der Waals surface area (Å²) in [4.78, 5) is 0. The molecule has 0 spiro atoms. The molecule has 0 aromatic heterocycles. The minimum atomic E-state index is -0.00400. The molecule has 0 amide bonds. The Morgan fingerprint density at radius 2 is 1.43 bits per heavy atom. The van der Waals surface area contributed by atoms with Crippen LogP contribution in [0.15, 0.2) is 0 Å². The molecule has 2 atom stereocenters. The van der Waals surface area contributed by atoms with Crippen LogP contribution in [0.3, 0.4) is 0 Å². The Balaban J connectivity index is 1.76. The maximum Gasteiger partial charge on any atom is 0.0658 e. The van der Waals surface area contributed by atoms with Crippen molar-refractivity contribution in [3.63, 3.8) is 0 Å². The fraction of sp³-hybridized carbons (Fsp3) is 1.00. The van der Waals surface area contributed by atoms with Crippen molar-refractivity contribution in [1.29, 1.82) is 0 Å². The molecule has 0 saturated heterocycles. The first-order valence-electron chi connectivity index (χ1n) is 6.20. The minimum Gasteiger partial charge on any atom is -0.392 e. The molecule has 2 rings (SSSR count). The van der Waals surface area contributed by atoms with Gasteiger partial charge in [-0.05, 0) is 25.7 Å². The van der Waals surface area contributed by atoms with E-state index in [-0.39, 0.29) is 6.10 Å². The van der Waals surface area contributed by atoms with Gasteiger partial charge in [0.1, 0.15) is 0 Å². The quantitative estimate of drug-likeness (QED) is 0.760. The van der Waals surface area contributed by atoms with Gasteiger partial charge in [-0.2, -0.15) is 11.8 Å². The third-order valence-corrected chi connectivity index (χ3v) is 5.34. The molecule has 0 radical (unpaired) electrons. The van der Waals surface area contributed by atoms with E-state index in [9.17, 15) is 5.11 Å². The normalized spacial score (nSPS) is 35.8. The molecule has 0 heterocycles. The van der Waals surface area contributed by atoms with Crippen LogP contribution < -0.4 is 0 Å². The van der Waals surface area contributed by atoms with Crippen LogP contribution >= 0.6 is 11.8 Å². The van der Waals surface area contributed by atoms with Crippen molar-refractivity contribution < 1.29 is 5.11 Å². The van der Waals surface area contributed by atoms with Gasteiger partial charge >= 0.3 is 0 Å². The van der Waals surface area contributed by atoms with Crippen LogP contribution in [-0.2, 0) is 0 Å². The zero-order valence-electron chi connectivity index (χ0n) is 8.95. The van der Waals surface area contributed by atoms with Crippen molar-refractivity contribution in [3.8, 4) is 0 Å². The van der Waals surface area contributed by atoms with Gasteiger partial charge in [0.25, 0.3) is 0 Å². The summed E-state index contributed by atoms with van der Waals surface area (Å²) in [7, 11) is 0. The van der Waals surface area contributed by atoms with Gasteiger partial charge in [-0.25, -0.2) is 0 Å². The topological polar surface area (TPSA) is 20.2 Å². The zero-order chi connectivity index (χ0) is 9.80. The predicted molar refractivity (Wildman–Crippen MR) is 62.7 cm³/mol. The first-order valence-corrected chi connectivity index (χ1v) is 7.14. The highest BCUT2D eigenvalue weighted by molar-refractivity contribution is 8.00. The van der Waals surface area contributed by atoms with E-state index in [4.69, 9.17) is 0 Å². The van der Waals surface area contributed by atoms with Gasteiger partial charge in [0.15, 0.2) is 0 Å². The van der Waals surface area contributed by atoms with Crippen molar-refractivity contribution in [1.82, 2.24) is 0 Å². The Morgan fingerprint density at radius 3 is 2.14 bits per heavy atom. The molecular weight excluding hydrogens is 192 g/mol. The number of hydrogen-bond acceptors (Lipinski definition) is 2. The second kappa shape index (κ2) is 5.41. The van der Waals surface area contributed by atoms with Crippen LogP contribution in [0.1, 0.15) is 57.8 Å². The van der Waals surface area contributed by atoms with Crippen molar-refractivity contribution >= 4 is 11.8 Å². The molecule has 0 aromatic carbocycles. The summed E-state index contributed by atoms with van der Waals surface area (Å²) in [6.07, 6.45) is 11.9. The molecule has 1 N–H and O–H groups in total. The van der Waals surface area contributed by atoms with Crippen LogP contribution in [0, 0.1) is 0 Å². The van der Waals surface area contributed by atoms with E-state index >= 15 is 0 Å². The number of hydrogen-bond donors (Lipinski definition) is 1. The van der Waals surface area contributed by atoms with Gasteiger partial charge in [0.2, 0.25) is 0 Å². The summed E-state index contributed by atoms with van der Waals surface area (Å²) >= 11 is 2.10. The molecule has 2 saturated carbocycles. The molecule has 0 bridgehead atoms. The fourth-order valence-corrected chi connectivity index (χ4v) is 4.40. The van der Waals surface area contributed by atoms with Gasteiger partial charge in [0.05, 0.1) is 6.10 Å². The van der Waals surface area contributed by atoms with E-state index in [0.717, 1.165) is 11.7 Å². The van der Waals surface area contributed by atoms with E-state index < -0.39 is 0 Å². The number of rotatable bonds is 2. The van der Waals surface area contributed by atoms with Crippen LogP contribution in [0.4, 0.5) is 0 Å². The highest BCUT2D eigenvalue weighted by Crippen LogP contribution is 2.36. The van der Waals surface area contributed by atoms with Gasteiger partial charge in [-0.1, -0.05) is 32.1 Å². The number of aliphatic hydroxyl groups excluding tert-OH is 1. The number of thioether (sulfide) groups is 1. The van der Waals surface area contributed by atoms with Crippen LogP contribution in [0.5, 0.6) is 0 Å². The van der Waals surface area contributed by atoms with Gasteiger partial charge in [-0.15, -0.1) is 0 Å². The highest BCUT2D eigenvalue weighted by atomic mass is 32.2. The molecule has 2 heteroatoms. The van der Waals surface area contributed by atoms with Crippen LogP contribution in [0.25, 0.3) is 0 Å². The standard InChI is InChI=1S/C12H22OS/c13-11-8-4-5-9-12(11)14-10-6-2-1-3-7-10/h10-13H,1-9H2/t11-,12-/m0/s1. The Hall–Kier alpha value is 0.310. The molecular formula is C12H22OS. The van der Waals surface area contributed by atoms with Crippen molar-refractivity contribution in [2.24, 2.45) is 0 Å². The smallest absolute Gasteiger partial charge is 0.0658 e. The lowest BCUT2D eigenvalue weighted by molar-refractivity contribution is 0.136. The van der Waals surface area contributed by atoms with Crippen LogP contribution in [-0.4, -0.2) is 21.7 Å². The average molecular weight is 214 g/mol. The molecule has 14 heavy (non-hydrogen) atoms. The lowest BCUT2D eigenvalue weighted by Gasteiger charge is -2.31. The van der Waals surface area contributed by atoms with E-state index in [1.807, 2.05) is 0 Å². The minimum absolute atomic E-state index is 0.00400. The Kier molecular flexibility index (Phi) is 4.18. The maximum absolute atomic E-state index is 9.88. The summed E-state index contributed by atoms with van der Waals surface area (Å²) in [5, 5.41) is 11.3. The Morgan fingerprint density at radius 1 is 0.786 bits per heavy atom. The first-order chi connectivity index (χ1) is 6.86. The van der Waals surface area contributed by atoms with Crippen molar-refractivity contribution in [3.05, 3.63) is 0 Å². The second-order valence-electron chi connectivity index (χ2n) is 4.79. The molecule has 0 unspecified atom stereocenters. The lowest BCUT2D eigenvalue weighted by atomic mass is 9.97. The highest BCUT2D eigenvalue weighted by Gasteiger charge is 2.27. The second-order valence-corrected chi connectivity index (χ2v) is 6.33. The third kappa shape index (κ3) is 2.90. The van der Waals surface area contributed by atoms with Gasteiger partial charge in [0, 0.05) is 10.5 Å². The average Bonchev–Trinajstić information content (AvgIpc) is 2.23. The molecule has 2 aliphatic carbocycles. The molecule has 2 fully saturated rings.